The number of carboxylic acid groups (broad SMARTS) is 1. The molecule has 104 valence electrons. The zero-order valence-corrected chi connectivity index (χ0v) is 12.6. The lowest BCUT2D eigenvalue weighted by Gasteiger charge is -2.29. The van der Waals surface area contributed by atoms with Gasteiger partial charge in [0.05, 0.1) is 0 Å². The smallest absolute Gasteiger partial charge is 0.339 e. The van der Waals surface area contributed by atoms with Crippen LogP contribution in [0.25, 0.3) is 0 Å². The van der Waals surface area contributed by atoms with E-state index in [2.05, 4.69) is 33.2 Å². The van der Waals surface area contributed by atoms with Crippen molar-refractivity contribution in [3.63, 3.8) is 0 Å². The second-order valence-corrected chi connectivity index (χ2v) is 6.04. The first-order valence-electron chi connectivity index (χ1n) is 6.75. The molecule has 0 saturated heterocycles. The molecule has 0 atom stereocenters. The monoisotopic (exact) mass is 326 g/mol. The number of carboxylic acids is 1. The van der Waals surface area contributed by atoms with Gasteiger partial charge in [-0.3, -0.25) is 0 Å². The van der Waals surface area contributed by atoms with Gasteiger partial charge in [-0.2, -0.15) is 0 Å². The molecule has 1 aromatic rings. The number of rotatable bonds is 4. The Morgan fingerprint density at radius 2 is 2.16 bits per heavy atom. The van der Waals surface area contributed by atoms with Gasteiger partial charge >= 0.3 is 5.97 Å². The zero-order chi connectivity index (χ0) is 13.8. The summed E-state index contributed by atoms with van der Waals surface area (Å²) < 4.78 is 0.685. The van der Waals surface area contributed by atoms with Gasteiger partial charge < -0.3 is 10.4 Å². The van der Waals surface area contributed by atoms with Crippen LogP contribution in [0.1, 0.15) is 49.4 Å². The number of hydrogen-bond donors (Lipinski definition) is 2. The van der Waals surface area contributed by atoms with Crippen molar-refractivity contribution in [1.82, 2.24) is 4.98 Å². The molecule has 1 heterocycles. The number of nitrogens with one attached hydrogen (secondary N) is 1. The van der Waals surface area contributed by atoms with Crippen LogP contribution >= 0.6 is 15.9 Å². The van der Waals surface area contributed by atoms with Gasteiger partial charge in [-0.05, 0) is 53.6 Å². The fourth-order valence-corrected chi connectivity index (χ4v) is 2.96. The van der Waals surface area contributed by atoms with Crippen molar-refractivity contribution in [3.8, 4) is 0 Å². The number of halogens is 1. The van der Waals surface area contributed by atoms with Gasteiger partial charge in [-0.15, -0.1) is 0 Å². The zero-order valence-electron chi connectivity index (χ0n) is 11.0. The molecule has 0 amide bonds. The summed E-state index contributed by atoms with van der Waals surface area (Å²) in [4.78, 5) is 15.4. The molecule has 5 heteroatoms. The number of hydrogen-bond acceptors (Lipinski definition) is 3. The van der Waals surface area contributed by atoms with E-state index in [4.69, 9.17) is 0 Å². The highest BCUT2D eigenvalue weighted by Crippen LogP contribution is 2.29. The molecular weight excluding hydrogens is 308 g/mol. The predicted molar refractivity (Wildman–Crippen MR) is 78.6 cm³/mol. The highest BCUT2D eigenvalue weighted by atomic mass is 79.9. The maximum absolute atomic E-state index is 11.2. The second kappa shape index (κ2) is 6.37. The molecule has 0 aromatic carbocycles. The van der Waals surface area contributed by atoms with Crippen LogP contribution < -0.4 is 5.32 Å². The Bertz CT molecular complexity index is 457. The first-order chi connectivity index (χ1) is 9.10. The summed E-state index contributed by atoms with van der Waals surface area (Å²) in [6, 6.07) is 1.93. The summed E-state index contributed by atoms with van der Waals surface area (Å²) in [5.41, 5.74) is 0.229. The molecular formula is C14H19BrN2O2. The van der Waals surface area contributed by atoms with Crippen LogP contribution in [0.4, 0.5) is 5.82 Å². The topological polar surface area (TPSA) is 62.2 Å². The molecule has 4 nitrogen and oxygen atoms in total. The standard InChI is InChI=1S/C14H19BrN2O2/c1-2-9-3-5-11(6-4-9)17-13-12(14(18)19)7-10(15)8-16-13/h7-9,11H,2-6H2,1H3,(H,16,17)(H,18,19). The Kier molecular flexibility index (Phi) is 4.80. The maximum Gasteiger partial charge on any atom is 0.339 e. The first kappa shape index (κ1) is 14.3. The maximum atomic E-state index is 11.2. The van der Waals surface area contributed by atoms with E-state index < -0.39 is 5.97 Å². The molecule has 1 aliphatic carbocycles. The summed E-state index contributed by atoms with van der Waals surface area (Å²) in [6.45, 7) is 2.23. The highest BCUT2D eigenvalue weighted by Gasteiger charge is 2.22. The van der Waals surface area contributed by atoms with Gasteiger partial charge in [0.2, 0.25) is 0 Å². The van der Waals surface area contributed by atoms with Crippen molar-refractivity contribution in [1.29, 1.82) is 0 Å². The molecule has 0 spiro atoms. The summed E-state index contributed by atoms with van der Waals surface area (Å²) in [5, 5.41) is 12.5. The van der Waals surface area contributed by atoms with Crippen LogP contribution in [0, 0.1) is 5.92 Å². The molecule has 2 N–H and O–H groups in total. The van der Waals surface area contributed by atoms with Crippen molar-refractivity contribution in [3.05, 3.63) is 22.3 Å². The summed E-state index contributed by atoms with van der Waals surface area (Å²) in [7, 11) is 0. The molecule has 2 rings (SSSR count). The predicted octanol–water partition coefficient (Wildman–Crippen LogP) is 3.92. The van der Waals surface area contributed by atoms with Crippen LogP contribution in [0.2, 0.25) is 0 Å². The molecule has 1 fully saturated rings. The molecule has 0 aliphatic heterocycles. The van der Waals surface area contributed by atoms with E-state index in [9.17, 15) is 9.90 Å². The molecule has 0 radical (unpaired) electrons. The Morgan fingerprint density at radius 1 is 1.47 bits per heavy atom. The SMILES string of the molecule is CCC1CCC(Nc2ncc(Br)cc2C(=O)O)CC1. The Labute approximate surface area is 121 Å². The first-order valence-corrected chi connectivity index (χ1v) is 7.54. The Balaban J connectivity index is 2.05. The van der Waals surface area contributed by atoms with Gasteiger partial charge in [0.1, 0.15) is 11.4 Å². The third-order valence-electron chi connectivity index (χ3n) is 3.85. The largest absolute Gasteiger partial charge is 0.478 e. The van der Waals surface area contributed by atoms with Crippen LogP contribution in [0.5, 0.6) is 0 Å². The van der Waals surface area contributed by atoms with Gasteiger partial charge in [0, 0.05) is 16.7 Å². The molecule has 0 bridgehead atoms. The lowest BCUT2D eigenvalue weighted by molar-refractivity contribution is 0.0697. The van der Waals surface area contributed by atoms with Crippen LogP contribution in [0.15, 0.2) is 16.7 Å². The van der Waals surface area contributed by atoms with E-state index in [0.717, 1.165) is 18.8 Å². The highest BCUT2D eigenvalue weighted by molar-refractivity contribution is 9.10. The van der Waals surface area contributed by atoms with Crippen LogP contribution in [0.3, 0.4) is 0 Å². The summed E-state index contributed by atoms with van der Waals surface area (Å²) >= 11 is 3.25. The minimum atomic E-state index is -0.946. The normalized spacial score (nSPS) is 23.1. The second-order valence-electron chi connectivity index (χ2n) is 5.13. The van der Waals surface area contributed by atoms with E-state index in [1.807, 2.05) is 0 Å². The quantitative estimate of drug-likeness (QED) is 0.880. The average Bonchev–Trinajstić information content (AvgIpc) is 2.41. The third-order valence-corrected chi connectivity index (χ3v) is 4.28. The van der Waals surface area contributed by atoms with Crippen molar-refractivity contribution in [2.24, 2.45) is 5.92 Å². The van der Waals surface area contributed by atoms with Crippen molar-refractivity contribution in [2.75, 3.05) is 5.32 Å². The molecule has 1 aromatic heterocycles. The van der Waals surface area contributed by atoms with Crippen LogP contribution in [-0.4, -0.2) is 22.1 Å². The lowest BCUT2D eigenvalue weighted by atomic mass is 9.84. The van der Waals surface area contributed by atoms with E-state index in [0.29, 0.717) is 16.3 Å². The Morgan fingerprint density at radius 3 is 2.74 bits per heavy atom. The van der Waals surface area contributed by atoms with E-state index >= 15 is 0 Å². The van der Waals surface area contributed by atoms with Crippen LogP contribution in [-0.2, 0) is 0 Å². The third kappa shape index (κ3) is 3.69. The summed E-state index contributed by atoms with van der Waals surface area (Å²) in [5.74, 6) is 0.365. The number of anilines is 1. The number of nitrogens with zero attached hydrogens (tertiary/aromatic N) is 1. The fourth-order valence-electron chi connectivity index (χ4n) is 2.63. The van der Waals surface area contributed by atoms with Gasteiger partial charge in [0.15, 0.2) is 0 Å². The van der Waals surface area contributed by atoms with E-state index in [1.165, 1.54) is 19.3 Å². The Hall–Kier alpha value is -1.10. The molecule has 0 unspecified atom stereocenters. The average molecular weight is 327 g/mol. The number of aromatic nitrogens is 1. The molecule has 1 saturated carbocycles. The van der Waals surface area contributed by atoms with Crippen molar-refractivity contribution >= 4 is 27.7 Å². The van der Waals surface area contributed by atoms with Crippen molar-refractivity contribution < 1.29 is 9.90 Å². The molecule has 19 heavy (non-hydrogen) atoms. The van der Waals surface area contributed by atoms with E-state index in [-0.39, 0.29) is 5.56 Å². The fraction of sp³-hybridized carbons (Fsp3) is 0.571. The van der Waals surface area contributed by atoms with Gasteiger partial charge in [0.25, 0.3) is 0 Å². The summed E-state index contributed by atoms with van der Waals surface area (Å²) in [6.07, 6.45) is 7.49. The number of carbonyl (C=O) groups is 1. The molecule has 1 aliphatic rings. The minimum absolute atomic E-state index is 0.229. The van der Waals surface area contributed by atoms with E-state index in [1.54, 1.807) is 12.3 Å². The number of aromatic carboxylic acids is 1. The minimum Gasteiger partial charge on any atom is -0.478 e. The van der Waals surface area contributed by atoms with Crippen molar-refractivity contribution in [2.45, 2.75) is 45.1 Å². The van der Waals surface area contributed by atoms with Gasteiger partial charge in [-0.1, -0.05) is 13.3 Å². The van der Waals surface area contributed by atoms with Gasteiger partial charge in [-0.25, -0.2) is 9.78 Å². The lowest BCUT2D eigenvalue weighted by Crippen LogP contribution is -2.27. The number of pyridine rings is 1.